The molecule has 1 fully saturated rings. The molecule has 5 rings (SSSR count). The Morgan fingerprint density at radius 2 is 1.84 bits per heavy atom. The van der Waals surface area contributed by atoms with E-state index in [1.807, 2.05) is 24.3 Å². The van der Waals surface area contributed by atoms with Crippen LogP contribution in [-0.4, -0.2) is 51.4 Å². The molecule has 1 aliphatic heterocycles. The Balaban J connectivity index is 1.38. The van der Waals surface area contributed by atoms with Gasteiger partial charge >= 0.3 is 0 Å². The largest absolute Gasteiger partial charge is 0.379 e. The van der Waals surface area contributed by atoms with Gasteiger partial charge in [-0.2, -0.15) is 5.10 Å². The number of nitrogens with zero attached hydrogens (tertiary/aromatic N) is 5. The molecule has 0 radical (unpaired) electrons. The van der Waals surface area contributed by atoms with Gasteiger partial charge in [-0.15, -0.1) is 16.4 Å². The van der Waals surface area contributed by atoms with Crippen molar-refractivity contribution >= 4 is 56.4 Å². The van der Waals surface area contributed by atoms with Crippen molar-refractivity contribution in [2.45, 2.75) is 6.54 Å². The van der Waals surface area contributed by atoms with Gasteiger partial charge in [-0.25, -0.2) is 9.97 Å². The second-order valence-corrected chi connectivity index (χ2v) is 8.86. The van der Waals surface area contributed by atoms with E-state index in [1.54, 1.807) is 18.3 Å². The minimum atomic E-state index is 0.566. The average molecular weight is 473 g/mol. The van der Waals surface area contributed by atoms with Crippen molar-refractivity contribution in [1.82, 2.24) is 25.1 Å². The summed E-state index contributed by atoms with van der Waals surface area (Å²) < 4.78 is 6.28. The lowest BCUT2D eigenvalue weighted by atomic mass is 10.2. The van der Waals surface area contributed by atoms with E-state index in [2.05, 4.69) is 25.4 Å². The third-order valence-corrected chi connectivity index (χ3v) is 6.66. The number of benzene rings is 1. The summed E-state index contributed by atoms with van der Waals surface area (Å²) >= 11 is 14.2. The van der Waals surface area contributed by atoms with Crippen LogP contribution in [0, 0.1) is 0 Å². The molecule has 0 amide bonds. The van der Waals surface area contributed by atoms with Crippen LogP contribution < -0.4 is 5.32 Å². The Bertz CT molecular complexity index is 1190. The maximum absolute atomic E-state index is 6.37. The number of nitrogens with one attached hydrogen (secondary N) is 1. The van der Waals surface area contributed by atoms with E-state index < -0.39 is 0 Å². The Morgan fingerprint density at radius 3 is 2.58 bits per heavy atom. The fourth-order valence-electron chi connectivity index (χ4n) is 3.37. The molecule has 158 valence electrons. The minimum Gasteiger partial charge on any atom is -0.379 e. The standard InChI is InChI=1S/C21H18Cl2N6OS/c22-14-2-1-3-15(23)18(14)21-25-16-6-7-24-20(19(16)31-21)26-17-5-4-13(27-28-17)12-29-8-10-30-11-9-29/h1-7H,8-12H2,(H,24,26,28). The monoisotopic (exact) mass is 472 g/mol. The van der Waals surface area contributed by atoms with Crippen molar-refractivity contribution < 1.29 is 4.74 Å². The van der Waals surface area contributed by atoms with E-state index in [9.17, 15) is 0 Å². The summed E-state index contributed by atoms with van der Waals surface area (Å²) in [6, 6.07) is 11.2. The molecule has 31 heavy (non-hydrogen) atoms. The molecule has 0 bridgehead atoms. The van der Waals surface area contributed by atoms with Crippen molar-refractivity contribution in [3.8, 4) is 10.6 Å². The first kappa shape index (κ1) is 20.5. The van der Waals surface area contributed by atoms with Crippen LogP contribution in [0.3, 0.4) is 0 Å². The Morgan fingerprint density at radius 1 is 1.03 bits per heavy atom. The van der Waals surface area contributed by atoms with Crippen molar-refractivity contribution in [2.75, 3.05) is 31.6 Å². The predicted molar refractivity (Wildman–Crippen MR) is 124 cm³/mol. The molecule has 0 unspecified atom stereocenters. The van der Waals surface area contributed by atoms with Gasteiger partial charge in [0.1, 0.15) is 5.01 Å². The number of halogens is 2. The Hall–Kier alpha value is -2.36. The van der Waals surface area contributed by atoms with Gasteiger partial charge in [0, 0.05) is 31.4 Å². The van der Waals surface area contributed by atoms with Crippen LogP contribution in [0.4, 0.5) is 11.6 Å². The molecule has 4 heterocycles. The maximum Gasteiger partial charge on any atom is 0.154 e. The van der Waals surface area contributed by atoms with E-state index in [-0.39, 0.29) is 0 Å². The first-order valence-electron chi connectivity index (χ1n) is 9.77. The third-order valence-electron chi connectivity index (χ3n) is 4.94. The van der Waals surface area contributed by atoms with Crippen LogP contribution in [0.15, 0.2) is 42.6 Å². The maximum atomic E-state index is 6.37. The van der Waals surface area contributed by atoms with E-state index >= 15 is 0 Å². The number of rotatable bonds is 5. The zero-order valence-corrected chi connectivity index (χ0v) is 18.7. The van der Waals surface area contributed by atoms with Gasteiger partial charge in [0.25, 0.3) is 0 Å². The van der Waals surface area contributed by atoms with Crippen LogP contribution in [0.5, 0.6) is 0 Å². The summed E-state index contributed by atoms with van der Waals surface area (Å²) in [6.07, 6.45) is 1.71. The number of morpholine rings is 1. The Labute approximate surface area is 193 Å². The third kappa shape index (κ3) is 4.49. The highest BCUT2D eigenvalue weighted by Gasteiger charge is 2.16. The zero-order valence-electron chi connectivity index (χ0n) is 16.4. The summed E-state index contributed by atoms with van der Waals surface area (Å²) in [4.78, 5) is 11.5. The predicted octanol–water partition coefficient (Wildman–Crippen LogP) is 5.03. The molecule has 3 aromatic heterocycles. The van der Waals surface area contributed by atoms with Crippen LogP contribution >= 0.6 is 34.5 Å². The van der Waals surface area contributed by atoms with Gasteiger partial charge in [0.15, 0.2) is 11.6 Å². The molecular weight excluding hydrogens is 455 g/mol. The van der Waals surface area contributed by atoms with Gasteiger partial charge < -0.3 is 10.1 Å². The topological polar surface area (TPSA) is 76.1 Å². The molecular formula is C21H18Cl2N6OS. The second kappa shape index (κ2) is 9.02. The highest BCUT2D eigenvalue weighted by Crippen LogP contribution is 2.40. The highest BCUT2D eigenvalue weighted by molar-refractivity contribution is 7.22. The molecule has 0 aliphatic carbocycles. The van der Waals surface area contributed by atoms with Crippen LogP contribution in [0.1, 0.15) is 5.69 Å². The van der Waals surface area contributed by atoms with Crippen molar-refractivity contribution in [3.63, 3.8) is 0 Å². The first-order valence-corrected chi connectivity index (χ1v) is 11.3. The summed E-state index contributed by atoms with van der Waals surface area (Å²) in [5.41, 5.74) is 2.46. The van der Waals surface area contributed by atoms with Crippen LogP contribution in [-0.2, 0) is 11.3 Å². The van der Waals surface area contributed by atoms with E-state index in [0.29, 0.717) is 21.7 Å². The van der Waals surface area contributed by atoms with Gasteiger partial charge in [-0.05, 0) is 30.3 Å². The number of hydrogen-bond acceptors (Lipinski definition) is 8. The summed E-state index contributed by atoms with van der Waals surface area (Å²) in [6.45, 7) is 4.12. The van der Waals surface area contributed by atoms with Crippen molar-refractivity contribution in [3.05, 3.63) is 58.3 Å². The number of pyridine rings is 1. The van der Waals surface area contributed by atoms with Gasteiger partial charge in [-0.3, -0.25) is 4.90 Å². The molecule has 4 aromatic rings. The molecule has 10 heteroatoms. The smallest absolute Gasteiger partial charge is 0.154 e. The number of anilines is 2. The lowest BCUT2D eigenvalue weighted by molar-refractivity contribution is 0.0335. The summed E-state index contributed by atoms with van der Waals surface area (Å²) in [5.74, 6) is 1.29. The second-order valence-electron chi connectivity index (χ2n) is 7.05. The molecule has 0 atom stereocenters. The van der Waals surface area contributed by atoms with E-state index in [0.717, 1.165) is 59.3 Å². The Kier molecular flexibility index (Phi) is 5.97. The fourth-order valence-corrected chi connectivity index (χ4v) is 5.14. The van der Waals surface area contributed by atoms with Gasteiger partial charge in [0.05, 0.1) is 39.2 Å². The molecule has 0 saturated carbocycles. The van der Waals surface area contributed by atoms with Crippen LogP contribution in [0.2, 0.25) is 10.0 Å². The number of aromatic nitrogens is 4. The lowest BCUT2D eigenvalue weighted by Crippen LogP contribution is -2.35. The number of thiazole rings is 1. The molecule has 1 aromatic carbocycles. The number of ether oxygens (including phenoxy) is 1. The molecule has 1 saturated heterocycles. The highest BCUT2D eigenvalue weighted by atomic mass is 35.5. The van der Waals surface area contributed by atoms with Gasteiger partial charge in [0.2, 0.25) is 0 Å². The molecule has 1 N–H and O–H groups in total. The van der Waals surface area contributed by atoms with E-state index in [4.69, 9.17) is 32.9 Å². The minimum absolute atomic E-state index is 0.566. The lowest BCUT2D eigenvalue weighted by Gasteiger charge is -2.25. The number of fused-ring (bicyclic) bond motifs is 1. The van der Waals surface area contributed by atoms with Gasteiger partial charge in [-0.1, -0.05) is 29.3 Å². The first-order chi connectivity index (χ1) is 15.2. The van der Waals surface area contributed by atoms with E-state index in [1.165, 1.54) is 11.3 Å². The zero-order chi connectivity index (χ0) is 21.2. The fraction of sp³-hybridized carbons (Fsp3) is 0.238. The summed E-state index contributed by atoms with van der Waals surface area (Å²) in [5, 5.41) is 13.8. The van der Waals surface area contributed by atoms with Crippen LogP contribution in [0.25, 0.3) is 20.8 Å². The quantitative estimate of drug-likeness (QED) is 0.436. The number of hydrogen-bond donors (Lipinski definition) is 1. The summed E-state index contributed by atoms with van der Waals surface area (Å²) in [7, 11) is 0. The normalized spacial score (nSPS) is 14.8. The SMILES string of the molecule is Clc1cccc(Cl)c1-c1nc2ccnc(Nc3ccc(CN4CCOCC4)nn3)c2s1. The molecule has 1 aliphatic rings. The van der Waals surface area contributed by atoms with Crippen molar-refractivity contribution in [2.24, 2.45) is 0 Å². The van der Waals surface area contributed by atoms with Crippen molar-refractivity contribution in [1.29, 1.82) is 0 Å². The average Bonchev–Trinajstić information content (AvgIpc) is 3.20. The molecule has 7 nitrogen and oxygen atoms in total. The molecule has 0 spiro atoms.